The van der Waals surface area contributed by atoms with Crippen molar-refractivity contribution in [2.24, 2.45) is 0 Å². The lowest BCUT2D eigenvalue weighted by atomic mass is 9.86. The molecule has 0 bridgehead atoms. The van der Waals surface area contributed by atoms with E-state index in [0.717, 1.165) is 93.5 Å². The molecule has 0 saturated heterocycles. The van der Waals surface area contributed by atoms with Gasteiger partial charge in [0, 0.05) is 27.5 Å². The third-order valence-corrected chi connectivity index (χ3v) is 18.8. The Labute approximate surface area is 579 Å². The van der Waals surface area contributed by atoms with Crippen LogP contribution in [0.2, 0.25) is 0 Å². The van der Waals surface area contributed by atoms with Crippen LogP contribution in [-0.4, -0.2) is 85.5 Å². The number of phenols is 1. The largest absolute Gasteiger partial charge is 0.857 e. The van der Waals surface area contributed by atoms with Gasteiger partial charge in [-0.1, -0.05) is 261 Å². The number of unbranched alkanes of at least 4 members (excludes halogenated alkanes) is 9. The van der Waals surface area contributed by atoms with Gasteiger partial charge in [0.1, 0.15) is 10.6 Å². The smallest absolute Gasteiger partial charge is 0.424 e. The first-order valence-corrected chi connectivity index (χ1v) is 37.3. The van der Waals surface area contributed by atoms with Gasteiger partial charge in [-0.2, -0.15) is 23.9 Å². The lowest BCUT2D eigenvalue weighted by Crippen LogP contribution is -2.12. The van der Waals surface area contributed by atoms with E-state index in [1.54, 1.807) is 30.3 Å². The van der Waals surface area contributed by atoms with E-state index in [2.05, 4.69) is 52.0 Å². The van der Waals surface area contributed by atoms with Crippen molar-refractivity contribution in [1.82, 2.24) is 0 Å². The Kier molecular flexibility index (Phi) is 30.6. The summed E-state index contributed by atoms with van der Waals surface area (Å²) in [5.41, 5.74) is 9.05. The van der Waals surface area contributed by atoms with Crippen molar-refractivity contribution in [3.63, 3.8) is 0 Å². The molecule has 503 valence electrons. The van der Waals surface area contributed by atoms with E-state index < -0.39 is 20.2 Å². The molecule has 14 nitrogen and oxygen atoms in total. The minimum absolute atomic E-state index is 0.00559. The molecule has 12 rings (SSSR count). The van der Waals surface area contributed by atoms with E-state index >= 15 is 0 Å². The number of aromatic hydroxyl groups is 1. The van der Waals surface area contributed by atoms with E-state index in [1.165, 1.54) is 93.7 Å². The number of phenolic OH excluding ortho intramolecular Hbond substituents is 1. The zero-order chi connectivity index (χ0) is 69.3. The minimum Gasteiger partial charge on any atom is -0.857 e. The monoisotopic (exact) mass is 1390 g/mol. The average Bonchev–Trinajstić information content (AvgIpc) is 0.812. The van der Waals surface area contributed by atoms with Crippen molar-refractivity contribution in [3.05, 3.63) is 299 Å². The molecule has 9 aromatic rings. The number of fused-ring (bicyclic) bond motifs is 1. The molecule has 3 aliphatic rings. The normalized spacial score (nSPS) is 13.0. The molecule has 0 aliphatic carbocycles. The predicted octanol–water partition coefficient (Wildman–Crippen LogP) is 16.5. The Morgan fingerprint density at radius 2 is 0.732 bits per heavy atom. The summed E-state index contributed by atoms with van der Waals surface area (Å²) in [5.74, 6) is 5.15. The zero-order valence-electron chi connectivity index (χ0n) is 55.2. The van der Waals surface area contributed by atoms with Gasteiger partial charge in [0.15, 0.2) is 0 Å². The second kappa shape index (κ2) is 39.3. The van der Waals surface area contributed by atoms with Crippen LogP contribution in [0, 0.1) is 0 Å². The average molecular weight is 1390 g/mol. The molecule has 0 atom stereocenters. The molecule has 3 heterocycles. The number of hydrogen-bond acceptors (Lipinski definition) is 9. The molecule has 3 aliphatic heterocycles. The Morgan fingerprint density at radius 1 is 0.392 bits per heavy atom. The van der Waals surface area contributed by atoms with Gasteiger partial charge in [-0.05, 0) is 90.0 Å². The van der Waals surface area contributed by atoms with Crippen LogP contribution in [0.1, 0.15) is 149 Å². The molecular weight excluding hydrogens is 1310 g/mol. The second-order valence-corrected chi connectivity index (χ2v) is 27.8. The van der Waals surface area contributed by atoms with Crippen LogP contribution in [0.4, 0.5) is 0 Å². The number of hydrogen-bond donors (Lipinski definition) is 3. The van der Waals surface area contributed by atoms with Gasteiger partial charge in [0.2, 0.25) is 0 Å². The van der Waals surface area contributed by atoms with Crippen LogP contribution in [0.15, 0.2) is 265 Å². The highest BCUT2D eigenvalue weighted by atomic mass is 32.2. The molecular formula is C78H82O14S2Si3-. The minimum atomic E-state index is -4.26. The summed E-state index contributed by atoms with van der Waals surface area (Å²) in [6, 6.07) is 74.3. The van der Waals surface area contributed by atoms with Gasteiger partial charge in [-0.3, -0.25) is 9.11 Å². The van der Waals surface area contributed by atoms with Crippen LogP contribution < -0.4 is 5.11 Å². The van der Waals surface area contributed by atoms with Crippen molar-refractivity contribution in [3.8, 4) is 5.75 Å². The van der Waals surface area contributed by atoms with Gasteiger partial charge in [-0.15, -0.1) is 0 Å². The summed E-state index contributed by atoms with van der Waals surface area (Å²) >= 11 is 0. The maximum absolute atomic E-state index is 11.0. The summed E-state index contributed by atoms with van der Waals surface area (Å²) in [6.45, 7) is 8.90. The molecule has 0 amide bonds. The highest BCUT2D eigenvalue weighted by molar-refractivity contribution is 7.86. The van der Waals surface area contributed by atoms with Crippen LogP contribution in [0.3, 0.4) is 0 Å². The highest BCUT2D eigenvalue weighted by Gasteiger charge is 2.21. The zero-order valence-corrected chi connectivity index (χ0v) is 59.8. The van der Waals surface area contributed by atoms with Crippen LogP contribution in [-0.2, 0) is 45.4 Å². The summed E-state index contributed by atoms with van der Waals surface area (Å²) < 4.78 is 95.4. The summed E-state index contributed by atoms with van der Waals surface area (Å²) in [7, 11) is -7.56. The van der Waals surface area contributed by atoms with Crippen molar-refractivity contribution in [2.75, 3.05) is 7.11 Å². The number of carbonyl (C=O) groups excluding carboxylic acids is 3. The molecule has 97 heavy (non-hydrogen) atoms. The van der Waals surface area contributed by atoms with Crippen LogP contribution >= 0.6 is 0 Å². The van der Waals surface area contributed by atoms with Gasteiger partial charge >= 0.3 is 30.0 Å². The third-order valence-electron chi connectivity index (χ3n) is 15.2. The Hall–Kier alpha value is -8.90. The van der Waals surface area contributed by atoms with Crippen molar-refractivity contribution < 1.29 is 61.8 Å². The number of rotatable bonds is 19. The van der Waals surface area contributed by atoms with E-state index in [0.29, 0.717) is 10.8 Å². The first-order valence-electron chi connectivity index (χ1n) is 32.0. The Morgan fingerprint density at radius 3 is 1.09 bits per heavy atom. The summed E-state index contributed by atoms with van der Waals surface area (Å²) in [6.07, 6.45) is 20.0. The highest BCUT2D eigenvalue weighted by Crippen LogP contribution is 2.31. The molecule has 19 heteroatoms. The first-order chi connectivity index (χ1) is 46.9. The van der Waals surface area contributed by atoms with E-state index in [1.807, 2.05) is 170 Å². The SMILES string of the molecule is C1=C(c2ccccc2)O[Si-][O+]=C1c1ccccc1.C1=C(c2ccccc2)O[Si-][O+]=C1c1ccccc1.CC(C)(C)c1ccc(C2=CC(c3ccccc3)=[O+][Si-]O2)cc1.CCCCCCCCCCCCc1ccc(S(=O)(=O)O)cc1.C[O-].O=S(=O)(O)c1ccc(O)c2ccccc12. The predicted molar refractivity (Wildman–Crippen MR) is 388 cm³/mol. The third kappa shape index (κ3) is 24.9. The van der Waals surface area contributed by atoms with E-state index in [9.17, 15) is 21.9 Å². The van der Waals surface area contributed by atoms with Gasteiger partial charge in [0.05, 0.1) is 57.1 Å². The van der Waals surface area contributed by atoms with Gasteiger partial charge < -0.3 is 35.8 Å². The molecule has 3 N–H and O–H groups in total. The van der Waals surface area contributed by atoms with Crippen molar-refractivity contribution in [1.29, 1.82) is 0 Å². The number of benzene rings is 9. The molecule has 3 radical (unpaired) electrons. The summed E-state index contributed by atoms with van der Waals surface area (Å²) in [5, 5.41) is 18.4. The second-order valence-electron chi connectivity index (χ2n) is 23.3. The van der Waals surface area contributed by atoms with Gasteiger partial charge in [-0.25, -0.2) is 0 Å². The van der Waals surface area contributed by atoms with Crippen LogP contribution in [0.5, 0.6) is 5.75 Å². The molecule has 0 aromatic heterocycles. The Balaban J connectivity index is 0.000000171. The summed E-state index contributed by atoms with van der Waals surface area (Å²) in [4.78, 5) is -0.227. The van der Waals surface area contributed by atoms with E-state index in [-0.39, 0.29) is 51.0 Å². The van der Waals surface area contributed by atoms with Crippen LogP contribution in [0.25, 0.3) is 28.0 Å². The standard InChI is InChI=1S/C19H19O2Si.C18H30O3S.2C15H11O2Si.C10H8O4S.CH3O/c1-19(2,3)16-11-9-15(10-12-16)18-13-17(20-22-21-18)14-7-5-4-6-8-14;1-2-3-4-5-6-7-8-9-10-11-12-17-13-15-18(16-14-17)22(19,20)21;2*1-3-7-12(8-4-1)14-11-15(17-18-16-14)13-9-5-2-6-10-13;11-9-5-6-10(15(12,13)14)8-4-2-1-3-7(8)9;1-2/h4-13H,1-3H3;13-16H,2-12H2,1H3,(H,19,20,21);2*1-11H;1-6,11H,(H,12,13,14);1H3/q;;;;;-1. The lowest BCUT2D eigenvalue weighted by molar-refractivity contribution is -0.325. The number of aryl methyl sites for hydroxylation is 1. The number of allylic oxidation sites excluding steroid dienone is 3. The Bertz CT molecular complexity index is 4190. The molecule has 0 spiro atoms. The quantitative estimate of drug-likeness (QED) is 0.0300. The van der Waals surface area contributed by atoms with Crippen molar-refractivity contribution in [2.45, 2.75) is 114 Å². The first kappa shape index (κ1) is 75.5. The number of ketones is 3. The lowest BCUT2D eigenvalue weighted by Gasteiger charge is -2.20. The molecule has 0 fully saturated rings. The fourth-order valence-corrected chi connectivity index (χ4v) is 12.9. The topological polar surface area (TPSA) is 214 Å². The fraction of sp³-hybridized carbons (Fsp3) is 0.218. The maximum Gasteiger partial charge on any atom is 0.424 e. The molecule has 9 aromatic carbocycles. The maximum atomic E-state index is 11.0. The molecule has 0 saturated carbocycles. The molecule has 0 unspecified atom stereocenters. The van der Waals surface area contributed by atoms with Gasteiger partial charge in [0.25, 0.3) is 37.6 Å². The fourth-order valence-electron chi connectivity index (χ4n) is 9.99. The van der Waals surface area contributed by atoms with E-state index in [4.69, 9.17) is 39.8 Å². The van der Waals surface area contributed by atoms with Crippen molar-refractivity contribution >= 4 is 95.7 Å².